The number of hydrogen-bond donors (Lipinski definition) is 1. The van der Waals surface area contributed by atoms with E-state index in [0.29, 0.717) is 11.5 Å². The Morgan fingerprint density at radius 3 is 2.71 bits per heavy atom. The van der Waals surface area contributed by atoms with Gasteiger partial charge in [-0.2, -0.15) is 0 Å². The highest BCUT2D eigenvalue weighted by Crippen LogP contribution is 2.32. The number of halogens is 2. The van der Waals surface area contributed by atoms with E-state index in [1.807, 2.05) is 30.8 Å². The van der Waals surface area contributed by atoms with Crippen LogP contribution < -0.4 is 5.32 Å². The van der Waals surface area contributed by atoms with Crippen molar-refractivity contribution in [1.29, 1.82) is 0 Å². The first kappa shape index (κ1) is 16.2. The number of benzene rings is 1. The van der Waals surface area contributed by atoms with Gasteiger partial charge in [-0.1, -0.05) is 18.7 Å². The second-order valence-electron chi connectivity index (χ2n) is 6.08. The van der Waals surface area contributed by atoms with Gasteiger partial charge < -0.3 is 9.88 Å². The Hall–Kier alpha value is -2.69. The quantitative estimate of drug-likeness (QED) is 0.689. The fourth-order valence-electron chi connectivity index (χ4n) is 2.73. The van der Waals surface area contributed by atoms with Gasteiger partial charge in [0.1, 0.15) is 5.82 Å². The average molecular weight is 327 g/mol. The summed E-state index contributed by atoms with van der Waals surface area (Å²) in [6, 6.07) is 8.18. The van der Waals surface area contributed by atoms with Crippen LogP contribution in [0.15, 0.2) is 49.3 Å². The van der Waals surface area contributed by atoms with Crippen LogP contribution in [0.25, 0.3) is 16.5 Å². The molecule has 0 aliphatic rings. The highest BCUT2D eigenvalue weighted by atomic mass is 19.3. The second-order valence-corrected chi connectivity index (χ2v) is 6.08. The number of nitrogens with one attached hydrogen (secondary N) is 1. The van der Waals surface area contributed by atoms with Gasteiger partial charge in [0.25, 0.3) is 5.92 Å². The molecule has 2 aromatic heterocycles. The van der Waals surface area contributed by atoms with Crippen LogP contribution in [0.1, 0.15) is 25.0 Å². The van der Waals surface area contributed by atoms with Crippen molar-refractivity contribution in [2.75, 3.05) is 5.32 Å². The van der Waals surface area contributed by atoms with Gasteiger partial charge >= 0.3 is 0 Å². The molecule has 0 unspecified atom stereocenters. The van der Waals surface area contributed by atoms with Crippen molar-refractivity contribution in [1.82, 2.24) is 9.55 Å². The molecular formula is C19H19F2N3. The number of fused-ring (bicyclic) bond motifs is 1. The molecule has 0 saturated heterocycles. The van der Waals surface area contributed by atoms with Gasteiger partial charge in [-0.15, -0.1) is 0 Å². The molecule has 3 rings (SSSR count). The van der Waals surface area contributed by atoms with Crippen LogP contribution in [0, 0.1) is 0 Å². The molecule has 2 heterocycles. The third-order valence-electron chi connectivity index (χ3n) is 4.00. The van der Waals surface area contributed by atoms with Crippen molar-refractivity contribution >= 4 is 28.0 Å². The summed E-state index contributed by atoms with van der Waals surface area (Å²) in [6.07, 6.45) is 3.70. The number of aryl methyl sites for hydroxylation is 1. The first-order chi connectivity index (χ1) is 11.3. The zero-order chi connectivity index (χ0) is 17.5. The molecule has 0 radical (unpaired) electrons. The number of nitrogens with zero attached hydrogens (tertiary/aromatic N) is 2. The molecule has 0 amide bonds. The highest BCUT2D eigenvalue weighted by molar-refractivity contribution is 5.98. The lowest BCUT2D eigenvalue weighted by atomic mass is 10.1. The molecule has 0 atom stereocenters. The highest BCUT2D eigenvalue weighted by Gasteiger charge is 2.24. The third-order valence-corrected chi connectivity index (χ3v) is 4.00. The molecule has 0 spiro atoms. The molecule has 124 valence electrons. The predicted molar refractivity (Wildman–Crippen MR) is 94.7 cm³/mol. The van der Waals surface area contributed by atoms with E-state index in [-0.39, 0.29) is 5.56 Å². The van der Waals surface area contributed by atoms with E-state index < -0.39 is 5.92 Å². The maximum Gasteiger partial charge on any atom is 0.270 e. The molecular weight excluding hydrogens is 308 g/mol. The number of pyridine rings is 1. The van der Waals surface area contributed by atoms with E-state index in [1.54, 1.807) is 18.3 Å². The summed E-state index contributed by atoms with van der Waals surface area (Å²) >= 11 is 0. The number of allylic oxidation sites excluding steroid dienone is 1. The zero-order valence-electron chi connectivity index (χ0n) is 13.9. The first-order valence-electron chi connectivity index (χ1n) is 7.62. The minimum atomic E-state index is -2.88. The summed E-state index contributed by atoms with van der Waals surface area (Å²) in [7, 11) is 1.96. The SMILES string of the molecule is C=C(C)c1cnc(Nc2cccc(C(C)(F)F)c2)c2ccn(C)c12. The van der Waals surface area contributed by atoms with Crippen molar-refractivity contribution in [2.24, 2.45) is 7.05 Å². The average Bonchev–Trinajstić information content (AvgIpc) is 2.89. The smallest absolute Gasteiger partial charge is 0.270 e. The lowest BCUT2D eigenvalue weighted by Crippen LogP contribution is -2.07. The van der Waals surface area contributed by atoms with Crippen LogP contribution in [0.3, 0.4) is 0 Å². The van der Waals surface area contributed by atoms with Gasteiger partial charge in [-0.25, -0.2) is 13.8 Å². The van der Waals surface area contributed by atoms with Gasteiger partial charge in [-0.3, -0.25) is 0 Å². The second kappa shape index (κ2) is 5.74. The Balaban J connectivity index is 2.06. The Morgan fingerprint density at radius 2 is 2.04 bits per heavy atom. The molecule has 5 heteroatoms. The van der Waals surface area contributed by atoms with E-state index in [0.717, 1.165) is 29.0 Å². The summed E-state index contributed by atoms with van der Waals surface area (Å²) in [6.45, 7) is 6.82. The van der Waals surface area contributed by atoms with E-state index in [4.69, 9.17) is 0 Å². The molecule has 1 N–H and O–H groups in total. The molecule has 3 aromatic rings. The van der Waals surface area contributed by atoms with Crippen LogP contribution in [0.2, 0.25) is 0 Å². The standard InChI is InChI=1S/C19H19F2N3/c1-12(2)16-11-22-18(15-8-9-24(4)17(15)16)23-14-7-5-6-13(10-14)19(3,20)21/h5-11H,1H2,2-4H3,(H,22,23). The molecule has 0 aliphatic heterocycles. The summed E-state index contributed by atoms with van der Waals surface area (Å²) < 4.78 is 29.0. The number of hydrogen-bond acceptors (Lipinski definition) is 2. The Morgan fingerprint density at radius 1 is 1.29 bits per heavy atom. The van der Waals surface area contributed by atoms with Gasteiger partial charge in [-0.05, 0) is 30.7 Å². The molecule has 0 saturated carbocycles. The normalized spacial score (nSPS) is 11.7. The van der Waals surface area contributed by atoms with E-state index in [9.17, 15) is 8.78 Å². The van der Waals surface area contributed by atoms with Gasteiger partial charge in [0.05, 0.1) is 5.52 Å². The van der Waals surface area contributed by atoms with Gasteiger partial charge in [0.15, 0.2) is 0 Å². The fraction of sp³-hybridized carbons (Fsp3) is 0.211. The maximum absolute atomic E-state index is 13.5. The molecule has 0 aliphatic carbocycles. The monoisotopic (exact) mass is 327 g/mol. The minimum absolute atomic E-state index is 0.0321. The lowest BCUT2D eigenvalue weighted by molar-refractivity contribution is 0.0175. The third kappa shape index (κ3) is 2.89. The molecule has 0 bridgehead atoms. The summed E-state index contributed by atoms with van der Waals surface area (Å²) in [5, 5.41) is 4.07. The van der Waals surface area contributed by atoms with Gasteiger partial charge in [0.2, 0.25) is 0 Å². The largest absolute Gasteiger partial charge is 0.350 e. The predicted octanol–water partition coefficient (Wildman–Crippen LogP) is 5.46. The van der Waals surface area contributed by atoms with Crippen molar-refractivity contribution < 1.29 is 8.78 Å². The number of rotatable bonds is 4. The van der Waals surface area contributed by atoms with Crippen LogP contribution in [-0.4, -0.2) is 9.55 Å². The first-order valence-corrected chi connectivity index (χ1v) is 7.62. The van der Waals surface area contributed by atoms with Crippen molar-refractivity contribution in [3.63, 3.8) is 0 Å². The van der Waals surface area contributed by atoms with Crippen molar-refractivity contribution in [3.8, 4) is 0 Å². The summed E-state index contributed by atoms with van der Waals surface area (Å²) in [5.74, 6) is -2.25. The molecule has 1 aromatic carbocycles. The Labute approximate surface area is 139 Å². The summed E-state index contributed by atoms with van der Waals surface area (Å²) in [5.41, 5.74) is 3.45. The maximum atomic E-state index is 13.5. The molecule has 3 nitrogen and oxygen atoms in total. The lowest BCUT2D eigenvalue weighted by Gasteiger charge is -2.14. The Kier molecular flexibility index (Phi) is 3.87. The van der Waals surface area contributed by atoms with E-state index in [2.05, 4.69) is 16.9 Å². The van der Waals surface area contributed by atoms with Crippen molar-refractivity contribution in [2.45, 2.75) is 19.8 Å². The van der Waals surface area contributed by atoms with Crippen LogP contribution >= 0.6 is 0 Å². The van der Waals surface area contributed by atoms with Crippen LogP contribution in [-0.2, 0) is 13.0 Å². The van der Waals surface area contributed by atoms with Crippen LogP contribution in [0.5, 0.6) is 0 Å². The van der Waals surface area contributed by atoms with Crippen molar-refractivity contribution in [3.05, 3.63) is 60.4 Å². The molecule has 0 fully saturated rings. The van der Waals surface area contributed by atoms with E-state index >= 15 is 0 Å². The summed E-state index contributed by atoms with van der Waals surface area (Å²) in [4.78, 5) is 4.46. The van der Waals surface area contributed by atoms with Crippen LogP contribution in [0.4, 0.5) is 20.3 Å². The fourth-order valence-corrected chi connectivity index (χ4v) is 2.73. The Bertz CT molecular complexity index is 920. The number of anilines is 2. The number of aromatic nitrogens is 2. The van der Waals surface area contributed by atoms with Gasteiger partial charge in [0, 0.05) is 48.6 Å². The zero-order valence-corrected chi connectivity index (χ0v) is 13.9. The topological polar surface area (TPSA) is 29.9 Å². The minimum Gasteiger partial charge on any atom is -0.350 e. The van der Waals surface area contributed by atoms with E-state index in [1.165, 1.54) is 12.1 Å². The number of alkyl halides is 2. The molecule has 24 heavy (non-hydrogen) atoms.